The van der Waals surface area contributed by atoms with Gasteiger partial charge in [0.25, 0.3) is 6.33 Å². The first kappa shape index (κ1) is 46.8. The number of pyridine rings is 1. The predicted octanol–water partition coefficient (Wildman–Crippen LogP) is 17.5. The molecule has 0 saturated carbocycles. The van der Waals surface area contributed by atoms with E-state index in [0.717, 1.165) is 63.3 Å². The second kappa shape index (κ2) is 16.1. The molecule has 73 heavy (non-hydrogen) atoms. The number of benzene rings is 7. The average Bonchev–Trinajstić information content (AvgIpc) is 3.91. The van der Waals surface area contributed by atoms with Gasteiger partial charge in [-0.1, -0.05) is 175 Å². The van der Waals surface area contributed by atoms with Gasteiger partial charge in [0.1, 0.15) is 17.3 Å². The van der Waals surface area contributed by atoms with Gasteiger partial charge in [-0.15, -0.1) is 0 Å². The monoisotopic (exact) mass is 957 g/mol. The van der Waals surface area contributed by atoms with Gasteiger partial charge < -0.3 is 4.74 Å². The molecule has 5 nitrogen and oxygen atoms in total. The van der Waals surface area contributed by atoms with E-state index in [9.17, 15) is 0 Å². The van der Waals surface area contributed by atoms with Crippen molar-refractivity contribution < 1.29 is 9.30 Å². The van der Waals surface area contributed by atoms with Crippen LogP contribution in [0.5, 0.6) is 11.5 Å². The van der Waals surface area contributed by atoms with Crippen molar-refractivity contribution in [3.8, 4) is 62.1 Å². The van der Waals surface area contributed by atoms with Gasteiger partial charge in [0.2, 0.25) is 0 Å². The van der Waals surface area contributed by atoms with E-state index in [0.29, 0.717) is 0 Å². The highest BCUT2D eigenvalue weighted by molar-refractivity contribution is 6.09. The van der Waals surface area contributed by atoms with Crippen LogP contribution in [0.15, 0.2) is 152 Å². The number of aromatic nitrogens is 4. The molecular formula is C68H68N4O. The first-order valence-electron chi connectivity index (χ1n) is 26.3. The molecule has 0 bridgehead atoms. The second-order valence-corrected chi connectivity index (χ2v) is 25.4. The lowest BCUT2D eigenvalue weighted by molar-refractivity contribution is -0.572. The molecule has 0 fully saturated rings. The number of ether oxygens (including phenoxy) is 1. The first-order chi connectivity index (χ1) is 34.6. The van der Waals surface area contributed by atoms with E-state index in [1.807, 2.05) is 6.20 Å². The van der Waals surface area contributed by atoms with Gasteiger partial charge in [0, 0.05) is 23.0 Å². The Labute approximate surface area is 432 Å². The zero-order chi connectivity index (χ0) is 51.1. The largest absolute Gasteiger partial charge is 0.458 e. The Morgan fingerprint density at radius 2 is 1.11 bits per heavy atom. The summed E-state index contributed by atoms with van der Waals surface area (Å²) in [7, 11) is 0. The highest BCUT2D eigenvalue weighted by Crippen LogP contribution is 2.53. The van der Waals surface area contributed by atoms with Crippen molar-refractivity contribution >= 4 is 32.8 Å². The number of hydrogen-bond donors (Lipinski definition) is 0. The van der Waals surface area contributed by atoms with Crippen LogP contribution in [0.3, 0.4) is 0 Å². The zero-order valence-electron chi connectivity index (χ0n) is 45.0. The molecule has 0 atom stereocenters. The summed E-state index contributed by atoms with van der Waals surface area (Å²) in [5.74, 6) is 2.39. The molecule has 0 radical (unpaired) electrons. The van der Waals surface area contributed by atoms with Crippen LogP contribution in [0.1, 0.15) is 131 Å². The fraction of sp³-hybridized carbons (Fsp3) is 0.294. The average molecular weight is 957 g/mol. The standard InChI is InChI=1S/C68H68N4O/c1-64(2,3)42-30-33-69-61(36-42)72-58-26-17-16-24-49(58)50-29-28-46(38-60(50)72)73-45-21-18-20-44(37-45)70-41-71-62-54(34-43(65(4,5)6)35-57(62)66(7,8)9)53-40-56-55(67(10,11)31-32-68(56,12)13)39-52(53)48-23-15-14-22-47(48)51-25-19-27-59(70)63(51)71/h14-30,33-40H,31-32H2,1-13H3. The lowest BCUT2D eigenvalue weighted by atomic mass is 9.62. The Kier molecular flexibility index (Phi) is 10.3. The Morgan fingerprint density at radius 3 is 1.81 bits per heavy atom. The SMILES string of the molecule is CC(C)(C)c1ccnc(-n2c3ccccc3c3ccc(Oc4cccc(-n5[c-][n+]6c7c(cccc75)-c5ccccc5-c5cc7c(cc5-c5cc(C(C)(C)C)cc(C(C)(C)C)c5-6)C(C)(C)CCC7(C)C)c4)cc32)c1. The van der Waals surface area contributed by atoms with Gasteiger partial charge in [-0.3, -0.25) is 13.7 Å². The van der Waals surface area contributed by atoms with Crippen molar-refractivity contribution in [2.75, 3.05) is 0 Å². The molecule has 12 rings (SSSR count). The maximum absolute atomic E-state index is 6.91. The molecular weight excluding hydrogens is 889 g/mol. The van der Waals surface area contributed by atoms with Crippen molar-refractivity contribution in [1.82, 2.24) is 14.1 Å². The molecule has 0 saturated heterocycles. The highest BCUT2D eigenvalue weighted by Gasteiger charge is 2.39. The molecule has 3 aromatic heterocycles. The van der Waals surface area contributed by atoms with E-state index in [4.69, 9.17) is 9.72 Å². The molecule has 5 heteroatoms. The summed E-state index contributed by atoms with van der Waals surface area (Å²) in [6.45, 7) is 30.7. The van der Waals surface area contributed by atoms with E-state index >= 15 is 0 Å². The van der Waals surface area contributed by atoms with Crippen molar-refractivity contribution in [3.63, 3.8) is 0 Å². The van der Waals surface area contributed by atoms with Gasteiger partial charge in [-0.05, 0) is 156 Å². The Morgan fingerprint density at radius 1 is 0.507 bits per heavy atom. The number of fused-ring (bicyclic) bond motifs is 11. The van der Waals surface area contributed by atoms with Gasteiger partial charge in [-0.25, -0.2) is 4.98 Å². The van der Waals surface area contributed by atoms with Crippen LogP contribution in [0.25, 0.3) is 83.4 Å². The summed E-state index contributed by atoms with van der Waals surface area (Å²) in [6.07, 6.45) is 8.29. The number of para-hydroxylation sites is 2. The lowest BCUT2D eigenvalue weighted by Gasteiger charge is -2.43. The topological polar surface area (TPSA) is 35.9 Å². The quantitative estimate of drug-likeness (QED) is 0.130. The van der Waals surface area contributed by atoms with E-state index in [1.54, 1.807) is 0 Å². The van der Waals surface area contributed by atoms with Crippen LogP contribution in [-0.2, 0) is 27.1 Å². The summed E-state index contributed by atoms with van der Waals surface area (Å²) in [5.41, 5.74) is 20.5. The molecule has 1 aliphatic heterocycles. The molecule has 10 aromatic rings. The third-order valence-corrected chi connectivity index (χ3v) is 16.3. The van der Waals surface area contributed by atoms with E-state index in [1.165, 1.54) is 72.3 Å². The van der Waals surface area contributed by atoms with Crippen LogP contribution < -0.4 is 9.30 Å². The first-order valence-corrected chi connectivity index (χ1v) is 26.3. The molecule has 0 unspecified atom stereocenters. The summed E-state index contributed by atoms with van der Waals surface area (Å²) < 4.78 is 13.8. The fourth-order valence-electron chi connectivity index (χ4n) is 11.9. The maximum atomic E-state index is 6.91. The Bertz CT molecular complexity index is 3890. The molecule has 4 heterocycles. The van der Waals surface area contributed by atoms with Crippen molar-refractivity contribution in [2.24, 2.45) is 0 Å². The van der Waals surface area contributed by atoms with Crippen LogP contribution in [0, 0.1) is 6.33 Å². The lowest BCUT2D eigenvalue weighted by Crippen LogP contribution is -2.36. The van der Waals surface area contributed by atoms with E-state index < -0.39 is 0 Å². The summed E-state index contributed by atoms with van der Waals surface area (Å²) in [4.78, 5) is 4.93. The molecule has 0 N–H and O–H groups in total. The minimum Gasteiger partial charge on any atom is -0.458 e. The highest BCUT2D eigenvalue weighted by atomic mass is 16.5. The summed E-state index contributed by atoms with van der Waals surface area (Å²) >= 11 is 0. The normalized spacial score (nSPS) is 15.0. The molecule has 2 aliphatic rings. The van der Waals surface area contributed by atoms with E-state index in [2.05, 4.69) is 256 Å². The smallest absolute Gasteiger partial charge is 0.269 e. The minimum absolute atomic E-state index is 0.0207. The molecule has 1 aliphatic carbocycles. The van der Waals surface area contributed by atoms with E-state index in [-0.39, 0.29) is 27.1 Å². The van der Waals surface area contributed by atoms with Gasteiger partial charge in [0.15, 0.2) is 0 Å². The van der Waals surface area contributed by atoms with Crippen LogP contribution >= 0.6 is 0 Å². The molecule has 0 spiro atoms. The zero-order valence-corrected chi connectivity index (χ0v) is 45.0. The van der Waals surface area contributed by atoms with Crippen LogP contribution in [0.2, 0.25) is 0 Å². The van der Waals surface area contributed by atoms with Crippen molar-refractivity contribution in [2.45, 2.75) is 130 Å². The summed E-state index contributed by atoms with van der Waals surface area (Å²) in [6, 6.07) is 53.9. The predicted molar refractivity (Wildman–Crippen MR) is 304 cm³/mol. The van der Waals surface area contributed by atoms with Gasteiger partial charge >= 0.3 is 0 Å². The number of imidazole rings is 1. The third kappa shape index (κ3) is 7.64. The number of hydrogen-bond acceptors (Lipinski definition) is 2. The van der Waals surface area contributed by atoms with Crippen LogP contribution in [-0.4, -0.2) is 14.1 Å². The number of rotatable bonds is 4. The Hall–Kier alpha value is -7.24. The molecule has 0 amide bonds. The number of nitrogens with zero attached hydrogens (tertiary/aromatic N) is 4. The molecule has 366 valence electrons. The second-order valence-electron chi connectivity index (χ2n) is 25.4. The fourth-order valence-corrected chi connectivity index (χ4v) is 11.9. The summed E-state index contributed by atoms with van der Waals surface area (Å²) in [5, 5.41) is 2.34. The van der Waals surface area contributed by atoms with Gasteiger partial charge in [-0.2, -0.15) is 0 Å². The van der Waals surface area contributed by atoms with Crippen molar-refractivity contribution in [3.05, 3.63) is 186 Å². The minimum atomic E-state index is -0.210. The maximum Gasteiger partial charge on any atom is 0.269 e. The van der Waals surface area contributed by atoms with Crippen LogP contribution in [0.4, 0.5) is 0 Å². The van der Waals surface area contributed by atoms with Gasteiger partial charge in [0.05, 0.1) is 33.4 Å². The van der Waals surface area contributed by atoms with Crippen molar-refractivity contribution in [1.29, 1.82) is 0 Å². The Balaban J connectivity index is 1.08. The third-order valence-electron chi connectivity index (χ3n) is 16.3. The molecule has 7 aromatic carbocycles.